The Balaban J connectivity index is 2.24. The Morgan fingerprint density at radius 1 is 1.10 bits per heavy atom. The van der Waals surface area contributed by atoms with E-state index in [0.717, 1.165) is 54.9 Å². The van der Waals surface area contributed by atoms with Gasteiger partial charge in [0.1, 0.15) is 16.3 Å². The van der Waals surface area contributed by atoms with Crippen molar-refractivity contribution >= 4 is 23.6 Å². The molecule has 2 rings (SSSR count). The summed E-state index contributed by atoms with van der Waals surface area (Å²) < 4.78 is 1.15. The lowest BCUT2D eigenvalue weighted by Crippen LogP contribution is -2.26. The molecule has 0 fully saturated rings. The predicted octanol–water partition coefficient (Wildman–Crippen LogP) is 5.23. The van der Waals surface area contributed by atoms with Gasteiger partial charge >= 0.3 is 5.97 Å². The normalized spacial score (nSPS) is 11.5. The van der Waals surface area contributed by atoms with Crippen LogP contribution in [0.2, 0.25) is 0 Å². The number of hydrogen-bond donors (Lipinski definition) is 2. The highest BCUT2D eigenvalue weighted by molar-refractivity contribution is 8.01. The molecule has 2 aromatic rings. The van der Waals surface area contributed by atoms with Gasteiger partial charge in [-0.1, -0.05) is 45.2 Å². The van der Waals surface area contributed by atoms with Crippen LogP contribution in [0.15, 0.2) is 35.4 Å². The summed E-state index contributed by atoms with van der Waals surface area (Å²) >= 11 is 1.31. The van der Waals surface area contributed by atoms with Crippen molar-refractivity contribution in [3.8, 4) is 11.4 Å². The van der Waals surface area contributed by atoms with E-state index in [1.54, 1.807) is 13.8 Å². The minimum absolute atomic E-state index is 0.144. The Labute approximate surface area is 183 Å². The molecule has 7 heteroatoms. The number of aryl methyl sites for hydroxylation is 1. The molecule has 0 saturated heterocycles. The Bertz CT molecular complexity index is 844. The van der Waals surface area contributed by atoms with E-state index in [9.17, 15) is 14.7 Å². The van der Waals surface area contributed by atoms with E-state index in [4.69, 9.17) is 0 Å². The smallest absolute Gasteiger partial charge is 0.319 e. The first kappa shape index (κ1) is 24.0. The third kappa shape index (κ3) is 6.62. The minimum atomic E-state index is -0.899. The molecule has 6 nitrogen and oxygen atoms in total. The van der Waals surface area contributed by atoms with Crippen LogP contribution in [0.25, 0.3) is 11.4 Å². The van der Waals surface area contributed by atoms with Crippen LogP contribution in [-0.4, -0.2) is 37.8 Å². The van der Waals surface area contributed by atoms with E-state index in [-0.39, 0.29) is 5.91 Å². The molecule has 0 atom stereocenters. The molecule has 2 N–H and O–H groups in total. The number of rotatable bonds is 12. The lowest BCUT2D eigenvalue weighted by Gasteiger charge is -2.18. The van der Waals surface area contributed by atoms with Gasteiger partial charge in [-0.05, 0) is 38.8 Å². The number of aliphatic carboxylic acids is 1. The lowest BCUT2D eigenvalue weighted by atomic mass is 10.2. The molecular weight excluding hydrogens is 398 g/mol. The number of aromatic nitrogens is 2. The van der Waals surface area contributed by atoms with Crippen molar-refractivity contribution in [2.75, 3.05) is 6.54 Å². The zero-order chi connectivity index (χ0) is 22.1. The molecule has 0 spiro atoms. The van der Waals surface area contributed by atoms with Crippen molar-refractivity contribution in [2.45, 2.75) is 76.0 Å². The maximum atomic E-state index is 12.5. The summed E-state index contributed by atoms with van der Waals surface area (Å²) in [5.74, 6) is -0.225. The molecule has 0 aliphatic heterocycles. The third-order valence-electron chi connectivity index (χ3n) is 4.83. The zero-order valence-corrected chi connectivity index (χ0v) is 19.2. The summed E-state index contributed by atoms with van der Waals surface area (Å²) in [6.45, 7) is 9.10. The molecule has 0 saturated carbocycles. The van der Waals surface area contributed by atoms with Gasteiger partial charge in [-0.15, -0.1) is 11.8 Å². The van der Waals surface area contributed by atoms with Crippen LogP contribution in [0.5, 0.6) is 0 Å². The Morgan fingerprint density at radius 3 is 2.37 bits per heavy atom. The number of carbonyl (C=O) groups excluding carboxylic acids is 1. The van der Waals surface area contributed by atoms with Crippen molar-refractivity contribution in [2.24, 2.45) is 0 Å². The van der Waals surface area contributed by atoms with Gasteiger partial charge < -0.3 is 15.0 Å². The molecule has 1 amide bonds. The van der Waals surface area contributed by atoms with Crippen LogP contribution < -0.4 is 5.32 Å². The van der Waals surface area contributed by atoms with E-state index in [1.807, 2.05) is 35.0 Å². The minimum Gasteiger partial charge on any atom is -0.480 e. The number of carboxylic acids is 1. The highest BCUT2D eigenvalue weighted by Gasteiger charge is 2.28. The molecule has 0 bridgehead atoms. The van der Waals surface area contributed by atoms with E-state index in [0.29, 0.717) is 12.2 Å². The van der Waals surface area contributed by atoms with E-state index in [1.165, 1.54) is 11.8 Å². The number of nitrogens with one attached hydrogen (secondary N) is 1. The van der Waals surface area contributed by atoms with E-state index >= 15 is 0 Å². The number of carboxylic acid groups (broad SMARTS) is 1. The van der Waals surface area contributed by atoms with Crippen LogP contribution >= 0.6 is 11.8 Å². The molecule has 1 aromatic carbocycles. The number of hydrogen-bond acceptors (Lipinski definition) is 4. The second-order valence-electron chi connectivity index (χ2n) is 7.90. The van der Waals surface area contributed by atoms with Gasteiger partial charge in [-0.2, -0.15) is 0 Å². The molecule has 1 aromatic heterocycles. The molecule has 0 unspecified atom stereocenters. The quantitative estimate of drug-likeness (QED) is 0.355. The summed E-state index contributed by atoms with van der Waals surface area (Å²) in [6, 6.07) is 7.71. The van der Waals surface area contributed by atoms with E-state index in [2.05, 4.69) is 24.1 Å². The standard InChI is InChI=1S/C23H33N3O3S/c1-5-7-9-15-26-16-19(21(27)24-14-8-6-2)25-20(26)17-10-12-18(13-11-17)30-23(3,4)22(28)29/h10-13,16H,5-9,14-15H2,1-4H3,(H,24,27)(H,28,29). The van der Waals surface area contributed by atoms with Crippen LogP contribution in [0.4, 0.5) is 0 Å². The van der Waals surface area contributed by atoms with Crippen molar-refractivity contribution in [1.82, 2.24) is 14.9 Å². The second-order valence-corrected chi connectivity index (χ2v) is 9.60. The third-order valence-corrected chi connectivity index (χ3v) is 6.02. The first-order valence-corrected chi connectivity index (χ1v) is 11.5. The molecule has 0 aliphatic carbocycles. The van der Waals surface area contributed by atoms with Crippen LogP contribution in [0, 0.1) is 0 Å². The average Bonchev–Trinajstić information content (AvgIpc) is 3.13. The SMILES string of the molecule is CCCCCn1cc(C(=O)NCCCC)nc1-c1ccc(SC(C)(C)C(=O)O)cc1. The van der Waals surface area contributed by atoms with Crippen LogP contribution in [0.1, 0.15) is 70.3 Å². The molecule has 0 aliphatic rings. The maximum Gasteiger partial charge on any atom is 0.319 e. The zero-order valence-electron chi connectivity index (χ0n) is 18.4. The van der Waals surface area contributed by atoms with Crippen LogP contribution in [0.3, 0.4) is 0 Å². The van der Waals surface area contributed by atoms with Gasteiger partial charge in [0.25, 0.3) is 5.91 Å². The summed E-state index contributed by atoms with van der Waals surface area (Å²) in [7, 11) is 0. The number of thioether (sulfide) groups is 1. The van der Waals surface area contributed by atoms with E-state index < -0.39 is 10.7 Å². The average molecular weight is 432 g/mol. The van der Waals surface area contributed by atoms with Crippen molar-refractivity contribution in [3.63, 3.8) is 0 Å². The van der Waals surface area contributed by atoms with Gasteiger partial charge in [0, 0.05) is 29.7 Å². The summed E-state index contributed by atoms with van der Waals surface area (Å²) in [4.78, 5) is 29.4. The van der Waals surface area contributed by atoms with Gasteiger partial charge in [0.05, 0.1) is 0 Å². The number of benzene rings is 1. The number of imidazole rings is 1. The van der Waals surface area contributed by atoms with Crippen LogP contribution in [-0.2, 0) is 11.3 Å². The van der Waals surface area contributed by atoms with Gasteiger partial charge in [-0.3, -0.25) is 9.59 Å². The Hall–Kier alpha value is -2.28. The largest absolute Gasteiger partial charge is 0.480 e. The molecule has 0 radical (unpaired) electrons. The number of amides is 1. The first-order chi connectivity index (χ1) is 14.3. The molecule has 164 valence electrons. The number of nitrogens with zero attached hydrogens (tertiary/aromatic N) is 2. The van der Waals surface area contributed by atoms with Gasteiger partial charge in [-0.25, -0.2) is 4.98 Å². The number of unbranched alkanes of at least 4 members (excludes halogenated alkanes) is 3. The first-order valence-electron chi connectivity index (χ1n) is 10.7. The maximum absolute atomic E-state index is 12.5. The monoisotopic (exact) mass is 431 g/mol. The summed E-state index contributed by atoms with van der Waals surface area (Å²) in [5, 5.41) is 12.3. The second kappa shape index (κ2) is 11.2. The van der Waals surface area contributed by atoms with Crippen molar-refractivity contribution < 1.29 is 14.7 Å². The topological polar surface area (TPSA) is 84.2 Å². The molecule has 30 heavy (non-hydrogen) atoms. The predicted molar refractivity (Wildman–Crippen MR) is 122 cm³/mol. The molecular formula is C23H33N3O3S. The highest BCUT2D eigenvalue weighted by atomic mass is 32.2. The highest BCUT2D eigenvalue weighted by Crippen LogP contribution is 2.33. The lowest BCUT2D eigenvalue weighted by molar-refractivity contribution is -0.138. The van der Waals surface area contributed by atoms with Crippen molar-refractivity contribution in [3.05, 3.63) is 36.2 Å². The fraction of sp³-hybridized carbons (Fsp3) is 0.522. The molecule has 1 heterocycles. The number of carbonyl (C=O) groups is 2. The summed E-state index contributed by atoms with van der Waals surface area (Å²) in [5.41, 5.74) is 1.35. The Morgan fingerprint density at radius 2 is 1.77 bits per heavy atom. The van der Waals surface area contributed by atoms with Gasteiger partial charge in [0.15, 0.2) is 0 Å². The van der Waals surface area contributed by atoms with Gasteiger partial charge in [0.2, 0.25) is 0 Å². The van der Waals surface area contributed by atoms with Crippen molar-refractivity contribution in [1.29, 1.82) is 0 Å². The summed E-state index contributed by atoms with van der Waals surface area (Å²) in [6.07, 6.45) is 7.08. The fourth-order valence-electron chi connectivity index (χ4n) is 2.94. The fourth-order valence-corrected chi connectivity index (χ4v) is 3.89. The Kier molecular flexibility index (Phi) is 8.96.